The number of para-hydroxylation sites is 2. The maximum Gasteiger partial charge on any atom is 0.0541 e. The standard InChI is InChI=1S/C40H24N2.H2/c1-2-9-26(10-3-1)42-37-16-7-6-13-29(37)32-21-25(18-20-38(32)42)24-17-19-35-34(22-24)40-31-15-8-14-30-27-11-4-5-12-28(27)33(39(30)31)23-36(40)41-35;/h1-23,41H;1H. The Bertz CT molecular complexity index is 2570. The molecule has 0 unspecified atom stereocenters. The Morgan fingerprint density at radius 1 is 0.405 bits per heavy atom. The number of aromatic nitrogens is 2. The van der Waals surface area contributed by atoms with Crippen LogP contribution in [0.15, 0.2) is 140 Å². The van der Waals surface area contributed by atoms with Gasteiger partial charge in [0.15, 0.2) is 0 Å². The summed E-state index contributed by atoms with van der Waals surface area (Å²) in [4.78, 5) is 3.75. The van der Waals surface area contributed by atoms with Crippen molar-refractivity contribution < 1.29 is 1.43 Å². The van der Waals surface area contributed by atoms with Crippen molar-refractivity contribution in [2.45, 2.75) is 0 Å². The van der Waals surface area contributed by atoms with Crippen LogP contribution >= 0.6 is 0 Å². The van der Waals surface area contributed by atoms with E-state index in [0.29, 0.717) is 0 Å². The summed E-state index contributed by atoms with van der Waals surface area (Å²) in [5.74, 6) is 0. The summed E-state index contributed by atoms with van der Waals surface area (Å²) >= 11 is 0. The van der Waals surface area contributed by atoms with Crippen LogP contribution in [0.3, 0.4) is 0 Å². The zero-order chi connectivity index (χ0) is 27.4. The van der Waals surface area contributed by atoms with E-state index in [1.807, 2.05) is 0 Å². The van der Waals surface area contributed by atoms with Crippen LogP contribution in [-0.4, -0.2) is 9.55 Å². The van der Waals surface area contributed by atoms with E-state index in [-0.39, 0.29) is 1.43 Å². The molecule has 42 heavy (non-hydrogen) atoms. The minimum Gasteiger partial charge on any atom is -0.354 e. The molecule has 0 atom stereocenters. The van der Waals surface area contributed by atoms with Crippen molar-refractivity contribution in [3.05, 3.63) is 140 Å². The average molecular weight is 535 g/mol. The second-order valence-corrected chi connectivity index (χ2v) is 11.4. The molecule has 2 aromatic heterocycles. The van der Waals surface area contributed by atoms with Crippen molar-refractivity contribution in [2.75, 3.05) is 0 Å². The van der Waals surface area contributed by atoms with Gasteiger partial charge in [0.1, 0.15) is 0 Å². The molecule has 1 aliphatic rings. The van der Waals surface area contributed by atoms with Gasteiger partial charge >= 0.3 is 0 Å². The van der Waals surface area contributed by atoms with E-state index in [4.69, 9.17) is 0 Å². The Kier molecular flexibility index (Phi) is 4.21. The summed E-state index contributed by atoms with van der Waals surface area (Å²) in [5, 5.41) is 7.81. The van der Waals surface area contributed by atoms with Gasteiger partial charge in [0.25, 0.3) is 0 Å². The summed E-state index contributed by atoms with van der Waals surface area (Å²) in [6.07, 6.45) is 0. The second kappa shape index (κ2) is 7.99. The molecule has 7 aromatic carbocycles. The molecule has 10 rings (SSSR count). The predicted octanol–water partition coefficient (Wildman–Crippen LogP) is 11.1. The fourth-order valence-corrected chi connectivity index (χ4v) is 7.46. The third-order valence-electron chi connectivity index (χ3n) is 9.25. The largest absolute Gasteiger partial charge is 0.354 e. The first-order valence-corrected chi connectivity index (χ1v) is 14.5. The summed E-state index contributed by atoms with van der Waals surface area (Å²) < 4.78 is 2.37. The van der Waals surface area contributed by atoms with E-state index in [1.54, 1.807) is 0 Å². The molecule has 0 bridgehead atoms. The van der Waals surface area contributed by atoms with Crippen molar-refractivity contribution in [1.29, 1.82) is 0 Å². The summed E-state index contributed by atoms with van der Waals surface area (Å²) in [6, 6.07) is 51.1. The van der Waals surface area contributed by atoms with Gasteiger partial charge in [-0.2, -0.15) is 0 Å². The summed E-state index contributed by atoms with van der Waals surface area (Å²) in [5.41, 5.74) is 13.8. The molecule has 0 saturated carbocycles. The monoisotopic (exact) mass is 534 g/mol. The molecule has 0 saturated heterocycles. The maximum absolute atomic E-state index is 3.75. The van der Waals surface area contributed by atoms with Gasteiger partial charge in [-0.3, -0.25) is 0 Å². The minimum absolute atomic E-state index is 0. The lowest BCUT2D eigenvalue weighted by atomic mass is 9.96. The first kappa shape index (κ1) is 22.1. The number of aromatic amines is 1. The Balaban J connectivity index is 0.00000260. The van der Waals surface area contributed by atoms with E-state index >= 15 is 0 Å². The van der Waals surface area contributed by atoms with Crippen molar-refractivity contribution in [3.8, 4) is 39.1 Å². The molecule has 0 radical (unpaired) electrons. The number of benzene rings is 7. The molecule has 196 valence electrons. The molecule has 1 N–H and O–H groups in total. The van der Waals surface area contributed by atoms with Crippen molar-refractivity contribution in [1.82, 2.24) is 9.55 Å². The Labute approximate surface area is 243 Å². The molecule has 0 amide bonds. The molecule has 0 fully saturated rings. The quantitative estimate of drug-likeness (QED) is 0.228. The second-order valence-electron chi connectivity index (χ2n) is 11.4. The summed E-state index contributed by atoms with van der Waals surface area (Å²) in [7, 11) is 0. The molecule has 0 spiro atoms. The Hall–Kier alpha value is -5.60. The molecular weight excluding hydrogens is 508 g/mol. The van der Waals surface area contributed by atoms with Crippen LogP contribution in [0.5, 0.6) is 0 Å². The third kappa shape index (κ3) is 2.83. The van der Waals surface area contributed by atoms with Gasteiger partial charge in [-0.15, -0.1) is 0 Å². The van der Waals surface area contributed by atoms with E-state index in [0.717, 1.165) is 0 Å². The van der Waals surface area contributed by atoms with Gasteiger partial charge in [0, 0.05) is 39.7 Å². The van der Waals surface area contributed by atoms with Crippen LogP contribution in [-0.2, 0) is 0 Å². The van der Waals surface area contributed by atoms with Gasteiger partial charge in [0.2, 0.25) is 0 Å². The van der Waals surface area contributed by atoms with E-state index in [2.05, 4.69) is 149 Å². The fraction of sp³-hybridized carbons (Fsp3) is 0. The minimum atomic E-state index is 0. The lowest BCUT2D eigenvalue weighted by Crippen LogP contribution is -1.92. The first-order valence-electron chi connectivity index (χ1n) is 14.5. The van der Waals surface area contributed by atoms with Crippen LogP contribution < -0.4 is 0 Å². The highest BCUT2D eigenvalue weighted by Crippen LogP contribution is 2.50. The lowest BCUT2D eigenvalue weighted by molar-refractivity contribution is 1.18. The van der Waals surface area contributed by atoms with Crippen LogP contribution in [0, 0.1) is 0 Å². The van der Waals surface area contributed by atoms with Crippen LogP contribution in [0.25, 0.3) is 93.5 Å². The van der Waals surface area contributed by atoms with Gasteiger partial charge in [0.05, 0.1) is 11.0 Å². The number of nitrogens with one attached hydrogen (secondary N) is 1. The SMILES string of the molecule is [HH].c1ccc(-n2c3ccccc3c3cc(-c4ccc5[nH]c6cc7c8c(cccc8c6c5c4)-c4ccccc4-7)ccc32)cc1. The molecular formula is C40H26N2. The Morgan fingerprint density at radius 3 is 1.95 bits per heavy atom. The lowest BCUT2D eigenvalue weighted by Gasteiger charge is -2.08. The van der Waals surface area contributed by atoms with Gasteiger partial charge < -0.3 is 9.55 Å². The van der Waals surface area contributed by atoms with Crippen LogP contribution in [0.2, 0.25) is 0 Å². The zero-order valence-electron chi connectivity index (χ0n) is 22.7. The smallest absolute Gasteiger partial charge is 0.0541 e. The highest BCUT2D eigenvalue weighted by Gasteiger charge is 2.23. The fourth-order valence-electron chi connectivity index (χ4n) is 7.46. The molecule has 0 aliphatic heterocycles. The van der Waals surface area contributed by atoms with E-state index in [9.17, 15) is 0 Å². The highest BCUT2D eigenvalue weighted by atomic mass is 15.0. The maximum atomic E-state index is 3.75. The third-order valence-corrected chi connectivity index (χ3v) is 9.25. The van der Waals surface area contributed by atoms with Crippen molar-refractivity contribution in [3.63, 3.8) is 0 Å². The average Bonchev–Trinajstić information content (AvgIpc) is 3.70. The molecule has 2 heterocycles. The Morgan fingerprint density at radius 2 is 1.07 bits per heavy atom. The predicted molar refractivity (Wildman–Crippen MR) is 180 cm³/mol. The molecule has 2 nitrogen and oxygen atoms in total. The number of H-pyrrole nitrogens is 1. The topological polar surface area (TPSA) is 20.7 Å². The summed E-state index contributed by atoms with van der Waals surface area (Å²) in [6.45, 7) is 0. The van der Waals surface area contributed by atoms with Crippen LogP contribution in [0.1, 0.15) is 1.43 Å². The highest BCUT2D eigenvalue weighted by molar-refractivity contribution is 6.29. The first-order chi connectivity index (χ1) is 20.8. The number of rotatable bonds is 2. The van der Waals surface area contributed by atoms with Gasteiger partial charge in [-0.05, 0) is 92.7 Å². The molecule has 1 aliphatic carbocycles. The number of hydrogen-bond acceptors (Lipinski definition) is 0. The van der Waals surface area contributed by atoms with E-state index < -0.39 is 0 Å². The number of hydrogen-bond donors (Lipinski definition) is 1. The van der Waals surface area contributed by atoms with Crippen molar-refractivity contribution in [2.24, 2.45) is 0 Å². The van der Waals surface area contributed by atoms with Crippen molar-refractivity contribution >= 4 is 54.4 Å². The van der Waals surface area contributed by atoms with Crippen LogP contribution in [0.4, 0.5) is 0 Å². The van der Waals surface area contributed by atoms with Gasteiger partial charge in [-0.25, -0.2) is 0 Å². The molecule has 9 aromatic rings. The van der Waals surface area contributed by atoms with E-state index in [1.165, 1.54) is 93.5 Å². The number of fused-ring (bicyclic) bond motifs is 10. The normalized spacial score (nSPS) is 12.3. The number of nitrogens with zero attached hydrogens (tertiary/aromatic N) is 1. The molecule has 2 heteroatoms. The zero-order valence-corrected chi connectivity index (χ0v) is 22.7. The van der Waals surface area contributed by atoms with Gasteiger partial charge in [-0.1, -0.05) is 91.0 Å².